The molecule has 4 rings (SSSR count). The second-order valence-corrected chi connectivity index (χ2v) is 6.52. The van der Waals surface area contributed by atoms with E-state index in [2.05, 4.69) is 9.97 Å². The average molecular weight is 332 g/mol. The standard InChI is InChI=1S/C21H20N2O2/c24-21(16-6-2-1-3-7-16)25-17-12-10-15(11-13-17)20-14-22-18-8-4-5-9-19(18)23-20/h4-5,8-14,16H,1-3,6-7H2. The number of carbonyl (C=O) groups is 1. The van der Waals surface area contributed by atoms with Crippen molar-refractivity contribution in [2.45, 2.75) is 32.1 Å². The van der Waals surface area contributed by atoms with Gasteiger partial charge in [0.1, 0.15) is 5.75 Å². The molecule has 0 bridgehead atoms. The van der Waals surface area contributed by atoms with Crippen molar-refractivity contribution < 1.29 is 9.53 Å². The number of para-hydroxylation sites is 2. The monoisotopic (exact) mass is 332 g/mol. The number of carbonyl (C=O) groups excluding carboxylic acids is 1. The van der Waals surface area contributed by atoms with Crippen LogP contribution in [-0.4, -0.2) is 15.9 Å². The maximum Gasteiger partial charge on any atom is 0.314 e. The van der Waals surface area contributed by atoms with Crippen LogP contribution in [0.15, 0.2) is 54.7 Å². The van der Waals surface area contributed by atoms with Gasteiger partial charge in [0.2, 0.25) is 0 Å². The van der Waals surface area contributed by atoms with Crippen molar-refractivity contribution in [2.24, 2.45) is 5.92 Å². The number of aromatic nitrogens is 2. The average Bonchev–Trinajstić information content (AvgIpc) is 2.69. The minimum Gasteiger partial charge on any atom is -0.426 e. The van der Waals surface area contributed by atoms with Gasteiger partial charge in [0.05, 0.1) is 28.8 Å². The highest BCUT2D eigenvalue weighted by Crippen LogP contribution is 2.27. The summed E-state index contributed by atoms with van der Waals surface area (Å²) in [7, 11) is 0. The molecule has 0 unspecified atom stereocenters. The van der Waals surface area contributed by atoms with Crippen molar-refractivity contribution in [1.29, 1.82) is 0 Å². The molecule has 0 N–H and O–H groups in total. The van der Waals surface area contributed by atoms with Gasteiger partial charge >= 0.3 is 5.97 Å². The Hall–Kier alpha value is -2.75. The van der Waals surface area contributed by atoms with E-state index in [0.29, 0.717) is 5.75 Å². The fraction of sp³-hybridized carbons (Fsp3) is 0.286. The van der Waals surface area contributed by atoms with Gasteiger partial charge in [-0.15, -0.1) is 0 Å². The lowest BCUT2D eigenvalue weighted by molar-refractivity contribution is -0.139. The summed E-state index contributed by atoms with van der Waals surface area (Å²) in [5, 5.41) is 0. The minimum atomic E-state index is -0.0991. The zero-order valence-corrected chi connectivity index (χ0v) is 14.0. The number of hydrogen-bond acceptors (Lipinski definition) is 4. The van der Waals surface area contributed by atoms with Crippen LogP contribution in [-0.2, 0) is 4.79 Å². The Labute approximate surface area is 146 Å². The van der Waals surface area contributed by atoms with Gasteiger partial charge in [-0.1, -0.05) is 31.4 Å². The summed E-state index contributed by atoms with van der Waals surface area (Å²) in [5.74, 6) is 0.547. The van der Waals surface area contributed by atoms with Gasteiger partial charge in [-0.05, 0) is 49.2 Å². The predicted octanol–water partition coefficient (Wildman–Crippen LogP) is 4.78. The number of benzene rings is 2. The second kappa shape index (κ2) is 7.01. The molecule has 1 aromatic heterocycles. The molecule has 126 valence electrons. The van der Waals surface area contributed by atoms with Gasteiger partial charge in [-0.3, -0.25) is 9.78 Å². The molecular weight excluding hydrogens is 312 g/mol. The molecule has 4 heteroatoms. The van der Waals surface area contributed by atoms with Crippen molar-refractivity contribution in [2.75, 3.05) is 0 Å². The molecule has 1 aliphatic rings. The fourth-order valence-electron chi connectivity index (χ4n) is 3.33. The largest absolute Gasteiger partial charge is 0.426 e. The van der Waals surface area contributed by atoms with Crippen LogP contribution in [0.2, 0.25) is 0 Å². The van der Waals surface area contributed by atoms with E-state index >= 15 is 0 Å². The van der Waals surface area contributed by atoms with Gasteiger partial charge < -0.3 is 4.74 Å². The van der Waals surface area contributed by atoms with E-state index in [1.807, 2.05) is 48.5 Å². The van der Waals surface area contributed by atoms with Gasteiger partial charge in [-0.2, -0.15) is 0 Å². The fourth-order valence-corrected chi connectivity index (χ4v) is 3.33. The number of nitrogens with zero attached hydrogens (tertiary/aromatic N) is 2. The Morgan fingerprint density at radius 3 is 2.40 bits per heavy atom. The smallest absolute Gasteiger partial charge is 0.314 e. The number of esters is 1. The molecule has 0 amide bonds. The molecule has 25 heavy (non-hydrogen) atoms. The Morgan fingerprint density at radius 1 is 0.920 bits per heavy atom. The molecule has 1 heterocycles. The van der Waals surface area contributed by atoms with Crippen molar-refractivity contribution in [3.05, 3.63) is 54.7 Å². The predicted molar refractivity (Wildman–Crippen MR) is 97.2 cm³/mol. The third-order valence-corrected chi connectivity index (χ3v) is 4.76. The normalized spacial score (nSPS) is 15.2. The highest BCUT2D eigenvalue weighted by molar-refractivity contribution is 5.77. The maximum atomic E-state index is 12.2. The van der Waals surface area contributed by atoms with E-state index in [4.69, 9.17) is 4.74 Å². The van der Waals surface area contributed by atoms with E-state index in [1.54, 1.807) is 6.20 Å². The van der Waals surface area contributed by atoms with E-state index in [9.17, 15) is 4.79 Å². The molecule has 0 saturated heterocycles. The molecule has 1 fully saturated rings. The third kappa shape index (κ3) is 3.53. The second-order valence-electron chi connectivity index (χ2n) is 6.52. The molecule has 0 spiro atoms. The number of ether oxygens (including phenoxy) is 1. The summed E-state index contributed by atoms with van der Waals surface area (Å²) in [4.78, 5) is 21.3. The lowest BCUT2D eigenvalue weighted by Gasteiger charge is -2.19. The van der Waals surface area contributed by atoms with Crippen LogP contribution < -0.4 is 4.74 Å². The van der Waals surface area contributed by atoms with E-state index < -0.39 is 0 Å². The SMILES string of the molecule is O=C(Oc1ccc(-c2cnc3ccccc3n2)cc1)C1CCCCC1. The lowest BCUT2D eigenvalue weighted by atomic mass is 9.89. The van der Waals surface area contributed by atoms with E-state index in [1.165, 1.54) is 6.42 Å². The first-order chi connectivity index (χ1) is 12.3. The number of rotatable bonds is 3. The quantitative estimate of drug-likeness (QED) is 0.511. The first-order valence-electron chi connectivity index (χ1n) is 8.83. The zero-order chi connectivity index (χ0) is 17.1. The van der Waals surface area contributed by atoms with Crippen LogP contribution in [0, 0.1) is 5.92 Å². The van der Waals surface area contributed by atoms with Crippen LogP contribution in [0.3, 0.4) is 0 Å². The van der Waals surface area contributed by atoms with Crippen molar-refractivity contribution >= 4 is 17.0 Å². The summed E-state index contributed by atoms with van der Waals surface area (Å²) in [6.45, 7) is 0. The number of hydrogen-bond donors (Lipinski definition) is 0. The topological polar surface area (TPSA) is 52.1 Å². The van der Waals surface area contributed by atoms with Crippen LogP contribution in [0.4, 0.5) is 0 Å². The lowest BCUT2D eigenvalue weighted by Crippen LogP contribution is -2.22. The zero-order valence-electron chi connectivity index (χ0n) is 14.0. The molecule has 0 aliphatic heterocycles. The van der Waals surface area contributed by atoms with E-state index in [0.717, 1.165) is 48.0 Å². The summed E-state index contributed by atoms with van der Waals surface area (Å²) in [6.07, 6.45) is 7.14. The first kappa shape index (κ1) is 15.8. The Bertz CT molecular complexity index is 884. The first-order valence-corrected chi connectivity index (χ1v) is 8.83. The van der Waals surface area contributed by atoms with Crippen molar-refractivity contribution in [1.82, 2.24) is 9.97 Å². The molecule has 4 nitrogen and oxygen atoms in total. The van der Waals surface area contributed by atoms with Crippen molar-refractivity contribution in [3.63, 3.8) is 0 Å². The van der Waals surface area contributed by atoms with Crippen LogP contribution in [0.1, 0.15) is 32.1 Å². The van der Waals surface area contributed by atoms with Gasteiger partial charge in [0.15, 0.2) is 0 Å². The molecule has 0 radical (unpaired) electrons. The van der Waals surface area contributed by atoms with Gasteiger partial charge in [0, 0.05) is 5.56 Å². The highest BCUT2D eigenvalue weighted by atomic mass is 16.5. The molecule has 3 aromatic rings. The van der Waals surface area contributed by atoms with Crippen molar-refractivity contribution in [3.8, 4) is 17.0 Å². The summed E-state index contributed by atoms with van der Waals surface area (Å²) < 4.78 is 5.54. The minimum absolute atomic E-state index is 0.0554. The van der Waals surface area contributed by atoms with Gasteiger partial charge in [-0.25, -0.2) is 4.98 Å². The van der Waals surface area contributed by atoms with Crippen LogP contribution in [0.5, 0.6) is 5.75 Å². The molecule has 2 aromatic carbocycles. The van der Waals surface area contributed by atoms with Gasteiger partial charge in [0.25, 0.3) is 0 Å². The highest BCUT2D eigenvalue weighted by Gasteiger charge is 2.22. The Kier molecular flexibility index (Phi) is 4.42. The summed E-state index contributed by atoms with van der Waals surface area (Å²) >= 11 is 0. The maximum absolute atomic E-state index is 12.2. The third-order valence-electron chi connectivity index (χ3n) is 4.76. The summed E-state index contributed by atoms with van der Waals surface area (Å²) in [6, 6.07) is 15.3. The molecule has 1 saturated carbocycles. The molecular formula is C21H20N2O2. The number of fused-ring (bicyclic) bond motifs is 1. The van der Waals surface area contributed by atoms with Crippen LogP contribution in [0.25, 0.3) is 22.3 Å². The Morgan fingerprint density at radius 2 is 1.64 bits per heavy atom. The van der Waals surface area contributed by atoms with E-state index in [-0.39, 0.29) is 11.9 Å². The summed E-state index contributed by atoms with van der Waals surface area (Å²) in [5.41, 5.74) is 3.51. The molecule has 1 aliphatic carbocycles. The molecule has 0 atom stereocenters. The van der Waals surface area contributed by atoms with Crippen LogP contribution >= 0.6 is 0 Å². The Balaban J connectivity index is 1.49.